The normalized spacial score (nSPS) is 22.2. The zero-order chi connectivity index (χ0) is 9.26. The van der Waals surface area contributed by atoms with E-state index >= 15 is 0 Å². The van der Waals surface area contributed by atoms with Gasteiger partial charge in [0.15, 0.2) is 0 Å². The summed E-state index contributed by atoms with van der Waals surface area (Å²) in [5, 5.41) is 0. The fourth-order valence-electron chi connectivity index (χ4n) is 1.53. The van der Waals surface area contributed by atoms with Crippen LogP contribution in [0.15, 0.2) is 18.3 Å². The van der Waals surface area contributed by atoms with Crippen LogP contribution in [0, 0.1) is 0 Å². The number of rotatable bonds is 1. The van der Waals surface area contributed by atoms with Crippen LogP contribution in [0.3, 0.4) is 0 Å². The number of pyridine rings is 1. The maximum Gasteiger partial charge on any atom is 0.130 e. The van der Waals surface area contributed by atoms with Crippen LogP contribution in [0.4, 0.5) is 15.9 Å². The summed E-state index contributed by atoms with van der Waals surface area (Å²) < 4.78 is 12.9. The summed E-state index contributed by atoms with van der Waals surface area (Å²) in [6.07, 6.45) is 1.52. The van der Waals surface area contributed by atoms with Gasteiger partial charge in [-0.1, -0.05) is 0 Å². The Morgan fingerprint density at radius 1 is 1.62 bits per heavy atom. The standard InChI is InChI=1S/C9H12FN3/c10-7-2-4-13(6-7)9-5-8(11)1-3-12-9/h1,3,5,7H,2,4,6H2,(H2,11,12)/t7-/m0/s1. The molecule has 0 radical (unpaired) electrons. The van der Waals surface area contributed by atoms with E-state index in [1.165, 1.54) is 0 Å². The van der Waals surface area contributed by atoms with Crippen molar-refractivity contribution in [2.24, 2.45) is 0 Å². The smallest absolute Gasteiger partial charge is 0.130 e. The Morgan fingerprint density at radius 2 is 2.46 bits per heavy atom. The molecule has 0 bridgehead atoms. The topological polar surface area (TPSA) is 42.1 Å². The third-order valence-electron chi connectivity index (χ3n) is 2.22. The quantitative estimate of drug-likeness (QED) is 0.708. The van der Waals surface area contributed by atoms with Gasteiger partial charge in [0, 0.05) is 24.5 Å². The van der Waals surface area contributed by atoms with Crippen molar-refractivity contribution in [1.82, 2.24) is 4.98 Å². The first kappa shape index (κ1) is 8.29. The molecule has 70 valence electrons. The zero-order valence-corrected chi connectivity index (χ0v) is 7.28. The molecule has 0 unspecified atom stereocenters. The number of hydrogen-bond acceptors (Lipinski definition) is 3. The first-order valence-electron chi connectivity index (χ1n) is 4.36. The van der Waals surface area contributed by atoms with Crippen LogP contribution in [0.2, 0.25) is 0 Å². The zero-order valence-electron chi connectivity index (χ0n) is 7.28. The maximum absolute atomic E-state index is 12.9. The Hall–Kier alpha value is -1.32. The second-order valence-electron chi connectivity index (χ2n) is 3.28. The lowest BCUT2D eigenvalue weighted by Crippen LogP contribution is -2.21. The van der Waals surface area contributed by atoms with Crippen LogP contribution in [0.25, 0.3) is 0 Å². The largest absolute Gasteiger partial charge is 0.399 e. The fraction of sp³-hybridized carbons (Fsp3) is 0.444. The minimum Gasteiger partial charge on any atom is -0.399 e. The van der Waals surface area contributed by atoms with Gasteiger partial charge in [0.25, 0.3) is 0 Å². The number of nitrogens with two attached hydrogens (primary N) is 1. The number of nitrogen functional groups attached to an aromatic ring is 1. The molecule has 2 heterocycles. The fourth-order valence-corrected chi connectivity index (χ4v) is 1.53. The van der Waals surface area contributed by atoms with Gasteiger partial charge in [-0.15, -0.1) is 0 Å². The lowest BCUT2D eigenvalue weighted by Gasteiger charge is -2.15. The minimum atomic E-state index is -0.719. The molecule has 3 nitrogen and oxygen atoms in total. The van der Waals surface area contributed by atoms with Gasteiger partial charge >= 0.3 is 0 Å². The van der Waals surface area contributed by atoms with Gasteiger partial charge in [0.05, 0.1) is 6.54 Å². The summed E-state index contributed by atoms with van der Waals surface area (Å²) in [5.41, 5.74) is 6.27. The highest BCUT2D eigenvalue weighted by Gasteiger charge is 2.22. The molecule has 2 rings (SSSR count). The molecular weight excluding hydrogens is 169 g/mol. The predicted molar refractivity (Wildman–Crippen MR) is 50.4 cm³/mol. The highest BCUT2D eigenvalue weighted by molar-refractivity contribution is 5.50. The molecule has 1 fully saturated rings. The Bertz CT molecular complexity index is 303. The number of anilines is 2. The average molecular weight is 181 g/mol. The third-order valence-corrected chi connectivity index (χ3v) is 2.22. The Balaban J connectivity index is 2.16. The van der Waals surface area contributed by atoms with Crippen LogP contribution in [-0.2, 0) is 0 Å². The Kier molecular flexibility index (Phi) is 2.04. The van der Waals surface area contributed by atoms with E-state index in [0.29, 0.717) is 18.7 Å². The lowest BCUT2D eigenvalue weighted by molar-refractivity contribution is 0.364. The number of hydrogen-bond donors (Lipinski definition) is 1. The van der Waals surface area contributed by atoms with Crippen LogP contribution < -0.4 is 10.6 Å². The Morgan fingerprint density at radius 3 is 3.08 bits per heavy atom. The molecule has 0 aromatic carbocycles. The minimum absolute atomic E-state index is 0.441. The molecule has 13 heavy (non-hydrogen) atoms. The van der Waals surface area contributed by atoms with E-state index in [0.717, 1.165) is 12.4 Å². The van der Waals surface area contributed by atoms with Crippen molar-refractivity contribution >= 4 is 11.5 Å². The maximum atomic E-state index is 12.9. The van der Waals surface area contributed by atoms with Crippen LogP contribution in [0.1, 0.15) is 6.42 Å². The number of halogens is 1. The molecular formula is C9H12FN3. The van der Waals surface area contributed by atoms with Crippen molar-refractivity contribution in [3.8, 4) is 0 Å². The van der Waals surface area contributed by atoms with Gasteiger partial charge in [-0.25, -0.2) is 9.37 Å². The molecule has 1 aliphatic heterocycles. The van der Waals surface area contributed by atoms with E-state index in [-0.39, 0.29) is 0 Å². The molecule has 0 amide bonds. The first-order chi connectivity index (χ1) is 6.25. The van der Waals surface area contributed by atoms with Gasteiger partial charge < -0.3 is 10.6 Å². The molecule has 1 atom stereocenters. The lowest BCUT2D eigenvalue weighted by atomic mass is 10.3. The number of aromatic nitrogens is 1. The predicted octanol–water partition coefficient (Wildman–Crippen LogP) is 1.21. The summed E-state index contributed by atoms with van der Waals surface area (Å²) in [4.78, 5) is 6.05. The van der Waals surface area contributed by atoms with Gasteiger partial charge in [0.2, 0.25) is 0 Å². The number of alkyl halides is 1. The highest BCUT2D eigenvalue weighted by Crippen LogP contribution is 2.20. The molecule has 1 aromatic rings. The van der Waals surface area contributed by atoms with E-state index in [1.807, 2.05) is 4.90 Å². The monoisotopic (exact) mass is 181 g/mol. The molecule has 0 aliphatic carbocycles. The van der Waals surface area contributed by atoms with E-state index in [4.69, 9.17) is 5.73 Å². The van der Waals surface area contributed by atoms with Crippen LogP contribution in [0.5, 0.6) is 0 Å². The van der Waals surface area contributed by atoms with Gasteiger partial charge in [-0.2, -0.15) is 0 Å². The van der Waals surface area contributed by atoms with E-state index in [9.17, 15) is 4.39 Å². The second kappa shape index (κ2) is 3.20. The molecule has 1 aliphatic rings. The summed E-state index contributed by atoms with van der Waals surface area (Å²) in [6, 6.07) is 3.50. The van der Waals surface area contributed by atoms with E-state index < -0.39 is 6.17 Å². The summed E-state index contributed by atoms with van der Waals surface area (Å²) >= 11 is 0. The molecule has 0 saturated carbocycles. The molecule has 1 saturated heterocycles. The van der Waals surface area contributed by atoms with Crippen molar-refractivity contribution in [1.29, 1.82) is 0 Å². The van der Waals surface area contributed by atoms with Crippen LogP contribution >= 0.6 is 0 Å². The highest BCUT2D eigenvalue weighted by atomic mass is 19.1. The summed E-state index contributed by atoms with van der Waals surface area (Å²) in [7, 11) is 0. The van der Waals surface area contributed by atoms with Crippen LogP contribution in [-0.4, -0.2) is 24.2 Å². The van der Waals surface area contributed by atoms with Crippen molar-refractivity contribution in [3.05, 3.63) is 18.3 Å². The summed E-state index contributed by atoms with van der Waals surface area (Å²) in [5.74, 6) is 0.778. The Labute approximate surface area is 76.4 Å². The van der Waals surface area contributed by atoms with Gasteiger partial charge in [-0.05, 0) is 12.5 Å². The molecule has 0 spiro atoms. The van der Waals surface area contributed by atoms with E-state index in [2.05, 4.69) is 4.98 Å². The summed E-state index contributed by atoms with van der Waals surface area (Å²) in [6.45, 7) is 1.17. The van der Waals surface area contributed by atoms with Crippen molar-refractivity contribution in [2.75, 3.05) is 23.7 Å². The molecule has 4 heteroatoms. The molecule has 2 N–H and O–H groups in total. The van der Waals surface area contributed by atoms with Gasteiger partial charge in [-0.3, -0.25) is 0 Å². The average Bonchev–Trinajstić information content (AvgIpc) is 2.52. The third kappa shape index (κ3) is 1.71. The number of nitrogens with zero attached hydrogens (tertiary/aromatic N) is 2. The second-order valence-corrected chi connectivity index (χ2v) is 3.28. The van der Waals surface area contributed by atoms with Crippen molar-refractivity contribution < 1.29 is 4.39 Å². The van der Waals surface area contributed by atoms with Crippen molar-refractivity contribution in [2.45, 2.75) is 12.6 Å². The molecule has 1 aromatic heterocycles. The SMILES string of the molecule is Nc1ccnc(N2CC[C@H](F)C2)c1. The van der Waals surface area contributed by atoms with Crippen molar-refractivity contribution in [3.63, 3.8) is 0 Å². The van der Waals surface area contributed by atoms with E-state index in [1.54, 1.807) is 18.3 Å². The van der Waals surface area contributed by atoms with Gasteiger partial charge in [0.1, 0.15) is 12.0 Å². The first-order valence-corrected chi connectivity index (χ1v) is 4.36.